The van der Waals surface area contributed by atoms with Gasteiger partial charge in [0.05, 0.1) is 38.5 Å². The highest BCUT2D eigenvalue weighted by Crippen LogP contribution is 2.31. The van der Waals surface area contributed by atoms with Gasteiger partial charge >= 0.3 is 0 Å². The fourth-order valence-electron chi connectivity index (χ4n) is 4.86. The lowest BCUT2D eigenvalue weighted by atomic mass is 10.0. The molecule has 1 atom stereocenters. The molecule has 8 nitrogen and oxygen atoms in total. The first-order valence-electron chi connectivity index (χ1n) is 10.9. The molecule has 1 N–H and O–H groups in total. The SMILES string of the molecule is O=C(c1ccco1)N1CC[NH+]([C@@H](c2ccc(F)cc2)c2nnnn2C2CCCC2)CC1. The van der Waals surface area contributed by atoms with Gasteiger partial charge in [-0.15, -0.1) is 5.10 Å². The van der Waals surface area contributed by atoms with Crippen LogP contribution in [0.15, 0.2) is 47.1 Å². The largest absolute Gasteiger partial charge is 0.459 e. The van der Waals surface area contributed by atoms with Gasteiger partial charge in [0.2, 0.25) is 5.82 Å². The number of hydrogen-bond acceptors (Lipinski definition) is 5. The van der Waals surface area contributed by atoms with E-state index in [9.17, 15) is 9.18 Å². The molecule has 2 fully saturated rings. The summed E-state index contributed by atoms with van der Waals surface area (Å²) >= 11 is 0. The third-order valence-electron chi connectivity index (χ3n) is 6.48. The molecule has 1 amide bonds. The highest BCUT2D eigenvalue weighted by atomic mass is 19.1. The lowest BCUT2D eigenvalue weighted by Crippen LogP contribution is -3.15. The van der Waals surface area contributed by atoms with E-state index in [1.807, 2.05) is 21.7 Å². The lowest BCUT2D eigenvalue weighted by Gasteiger charge is -2.36. The molecular weight excluding hydrogens is 399 g/mol. The minimum Gasteiger partial charge on any atom is -0.459 e. The van der Waals surface area contributed by atoms with Gasteiger partial charge in [0, 0.05) is 5.56 Å². The van der Waals surface area contributed by atoms with Crippen molar-refractivity contribution in [2.45, 2.75) is 37.8 Å². The number of quaternary nitrogens is 1. The number of halogens is 1. The highest BCUT2D eigenvalue weighted by molar-refractivity contribution is 5.91. The van der Waals surface area contributed by atoms with E-state index < -0.39 is 0 Å². The number of hydrogen-bond donors (Lipinski definition) is 1. The van der Waals surface area contributed by atoms with E-state index in [1.54, 1.807) is 12.1 Å². The maximum absolute atomic E-state index is 13.6. The Morgan fingerprint density at radius 3 is 2.55 bits per heavy atom. The fraction of sp³-hybridized carbons (Fsp3) is 0.455. The van der Waals surface area contributed by atoms with E-state index in [-0.39, 0.29) is 17.8 Å². The maximum atomic E-state index is 13.6. The number of amides is 1. The monoisotopic (exact) mass is 425 g/mol. The Labute approximate surface area is 179 Å². The first-order chi connectivity index (χ1) is 15.2. The van der Waals surface area contributed by atoms with E-state index in [2.05, 4.69) is 15.5 Å². The topological polar surface area (TPSA) is 81.5 Å². The van der Waals surface area contributed by atoms with Gasteiger partial charge in [-0.3, -0.25) is 4.79 Å². The summed E-state index contributed by atoms with van der Waals surface area (Å²) in [6.07, 6.45) is 6.04. The number of carbonyl (C=O) groups is 1. The second kappa shape index (κ2) is 8.58. The molecule has 31 heavy (non-hydrogen) atoms. The van der Waals surface area contributed by atoms with Crippen LogP contribution in [0.1, 0.15) is 59.7 Å². The van der Waals surface area contributed by atoms with Crippen molar-refractivity contribution in [2.24, 2.45) is 0 Å². The van der Waals surface area contributed by atoms with E-state index >= 15 is 0 Å². The average molecular weight is 425 g/mol. The zero-order valence-electron chi connectivity index (χ0n) is 17.3. The predicted molar refractivity (Wildman–Crippen MR) is 109 cm³/mol. The Kier molecular flexibility index (Phi) is 5.50. The zero-order valence-corrected chi connectivity index (χ0v) is 17.3. The van der Waals surface area contributed by atoms with Crippen LogP contribution in [0.3, 0.4) is 0 Å². The van der Waals surface area contributed by atoms with Gasteiger partial charge in [0.15, 0.2) is 11.8 Å². The summed E-state index contributed by atoms with van der Waals surface area (Å²) in [5.74, 6) is 0.836. The molecule has 2 aliphatic rings. The lowest BCUT2D eigenvalue weighted by molar-refractivity contribution is -0.930. The summed E-state index contributed by atoms with van der Waals surface area (Å²) in [6, 6.07) is 10.2. The number of rotatable bonds is 5. The second-order valence-electron chi connectivity index (χ2n) is 8.33. The molecule has 9 heteroatoms. The Balaban J connectivity index is 1.40. The minimum absolute atomic E-state index is 0.0850. The van der Waals surface area contributed by atoms with E-state index in [0.717, 1.165) is 37.3 Å². The third-order valence-corrected chi connectivity index (χ3v) is 6.48. The van der Waals surface area contributed by atoms with Crippen molar-refractivity contribution in [3.8, 4) is 0 Å². The Hall–Kier alpha value is -3.07. The third kappa shape index (κ3) is 3.97. The second-order valence-corrected chi connectivity index (χ2v) is 8.33. The first-order valence-corrected chi connectivity index (χ1v) is 10.9. The summed E-state index contributed by atoms with van der Waals surface area (Å²) in [4.78, 5) is 15.7. The van der Waals surface area contributed by atoms with Gasteiger partial charge in [-0.1, -0.05) is 12.8 Å². The van der Waals surface area contributed by atoms with Gasteiger partial charge in [-0.25, -0.2) is 9.07 Å². The molecule has 1 aliphatic heterocycles. The number of tetrazole rings is 1. The molecule has 1 aliphatic carbocycles. The van der Waals surface area contributed by atoms with E-state index in [0.29, 0.717) is 24.9 Å². The molecule has 162 valence electrons. The number of carbonyl (C=O) groups excluding carboxylic acids is 1. The van der Waals surface area contributed by atoms with Gasteiger partial charge in [0.25, 0.3) is 5.91 Å². The van der Waals surface area contributed by atoms with Crippen LogP contribution < -0.4 is 4.90 Å². The predicted octanol–water partition coefficient (Wildman–Crippen LogP) is 1.65. The van der Waals surface area contributed by atoms with Crippen LogP contribution in [0.4, 0.5) is 4.39 Å². The van der Waals surface area contributed by atoms with Crippen LogP contribution >= 0.6 is 0 Å². The van der Waals surface area contributed by atoms with Crippen LogP contribution in [0.25, 0.3) is 0 Å². The molecule has 0 radical (unpaired) electrons. The molecule has 0 bridgehead atoms. The van der Waals surface area contributed by atoms with Gasteiger partial charge in [0.1, 0.15) is 5.82 Å². The Bertz CT molecular complexity index is 1010. The van der Waals surface area contributed by atoms with Crippen molar-refractivity contribution in [2.75, 3.05) is 26.2 Å². The van der Waals surface area contributed by atoms with Crippen molar-refractivity contribution in [1.82, 2.24) is 25.1 Å². The zero-order chi connectivity index (χ0) is 21.2. The normalized spacial score (nSPS) is 19.1. The number of piperazine rings is 1. The van der Waals surface area contributed by atoms with Crippen molar-refractivity contribution in [3.05, 3.63) is 65.6 Å². The molecular formula is C22H26FN6O2+. The first kappa shape index (κ1) is 19.9. The molecule has 1 aromatic carbocycles. The van der Waals surface area contributed by atoms with Crippen molar-refractivity contribution < 1.29 is 18.5 Å². The number of benzene rings is 1. The van der Waals surface area contributed by atoms with Crippen molar-refractivity contribution in [3.63, 3.8) is 0 Å². The molecule has 0 spiro atoms. The van der Waals surface area contributed by atoms with Crippen molar-refractivity contribution >= 4 is 5.91 Å². The molecule has 3 aromatic rings. The summed E-state index contributed by atoms with van der Waals surface area (Å²) in [5.41, 5.74) is 0.983. The number of furan rings is 1. The number of aromatic nitrogens is 4. The van der Waals surface area contributed by atoms with Crippen LogP contribution in [-0.4, -0.2) is 57.2 Å². The average Bonchev–Trinajstić information content (AvgIpc) is 3.57. The smallest absolute Gasteiger partial charge is 0.289 e. The molecule has 1 saturated heterocycles. The van der Waals surface area contributed by atoms with Crippen LogP contribution in [0, 0.1) is 5.82 Å². The highest BCUT2D eigenvalue weighted by Gasteiger charge is 2.37. The number of nitrogens with one attached hydrogen (secondary N) is 1. The van der Waals surface area contributed by atoms with Crippen LogP contribution in [0.5, 0.6) is 0 Å². The summed E-state index contributed by atoms with van der Waals surface area (Å²) in [5, 5.41) is 12.7. The fourth-order valence-corrected chi connectivity index (χ4v) is 4.86. The number of nitrogens with zero attached hydrogens (tertiary/aromatic N) is 5. The minimum atomic E-state index is -0.262. The summed E-state index contributed by atoms with van der Waals surface area (Å²) < 4.78 is 20.9. The molecule has 0 unspecified atom stereocenters. The van der Waals surface area contributed by atoms with Crippen LogP contribution in [-0.2, 0) is 0 Å². The van der Waals surface area contributed by atoms with E-state index in [1.165, 1.54) is 36.1 Å². The standard InChI is InChI=1S/C22H25FN6O2/c23-17-9-7-16(8-10-17)20(21-24-25-26-29(21)18-4-1-2-5-18)27-11-13-28(14-12-27)22(30)19-6-3-15-31-19/h3,6-10,15,18,20H,1-2,4-5,11-14H2/p+1/t20-/m0/s1. The molecule has 1 saturated carbocycles. The van der Waals surface area contributed by atoms with Crippen molar-refractivity contribution in [1.29, 1.82) is 0 Å². The Morgan fingerprint density at radius 2 is 1.87 bits per heavy atom. The van der Waals surface area contributed by atoms with E-state index in [4.69, 9.17) is 4.42 Å². The maximum Gasteiger partial charge on any atom is 0.289 e. The summed E-state index contributed by atoms with van der Waals surface area (Å²) in [6.45, 7) is 2.70. The summed E-state index contributed by atoms with van der Waals surface area (Å²) in [7, 11) is 0. The van der Waals surface area contributed by atoms with Gasteiger partial charge in [-0.2, -0.15) is 0 Å². The van der Waals surface area contributed by atoms with Gasteiger partial charge < -0.3 is 14.2 Å². The molecule has 5 rings (SSSR count). The Morgan fingerprint density at radius 1 is 1.13 bits per heavy atom. The molecule has 2 aromatic heterocycles. The van der Waals surface area contributed by atoms with Crippen LogP contribution in [0.2, 0.25) is 0 Å². The molecule has 3 heterocycles. The van der Waals surface area contributed by atoms with Gasteiger partial charge in [-0.05, 0) is 59.7 Å². The quantitative estimate of drug-likeness (QED) is 0.672.